The van der Waals surface area contributed by atoms with Gasteiger partial charge in [0.1, 0.15) is 0 Å². The zero-order valence-electron chi connectivity index (χ0n) is 9.30. The van der Waals surface area contributed by atoms with Crippen molar-refractivity contribution in [3.05, 3.63) is 34.9 Å². The molecule has 2 nitrogen and oxygen atoms in total. The zero-order valence-corrected chi connectivity index (χ0v) is 9.30. The first-order valence-electron chi connectivity index (χ1n) is 5.13. The van der Waals surface area contributed by atoms with Crippen molar-refractivity contribution in [3.8, 4) is 0 Å². The van der Waals surface area contributed by atoms with E-state index in [2.05, 4.69) is 37.4 Å². The van der Waals surface area contributed by atoms with Gasteiger partial charge in [-0.2, -0.15) is 0 Å². The minimum Gasteiger partial charge on any atom is -0.330 e. The van der Waals surface area contributed by atoms with E-state index in [0.717, 1.165) is 13.0 Å². The second kappa shape index (κ2) is 5.13. The van der Waals surface area contributed by atoms with Crippen LogP contribution in [0.5, 0.6) is 0 Å². The van der Waals surface area contributed by atoms with Crippen molar-refractivity contribution in [1.82, 2.24) is 5.32 Å². The summed E-state index contributed by atoms with van der Waals surface area (Å²) in [7, 11) is 1.99. The fourth-order valence-corrected chi connectivity index (χ4v) is 1.84. The Morgan fingerprint density at radius 2 is 2.07 bits per heavy atom. The highest BCUT2D eigenvalue weighted by atomic mass is 14.9. The Kier molecular flexibility index (Phi) is 4.11. The maximum Gasteiger partial charge on any atom is 0.0332 e. The lowest BCUT2D eigenvalue weighted by Gasteiger charge is -2.18. The van der Waals surface area contributed by atoms with Gasteiger partial charge in [0.2, 0.25) is 0 Å². The highest BCUT2D eigenvalue weighted by molar-refractivity contribution is 5.32. The lowest BCUT2D eigenvalue weighted by atomic mass is 9.97. The lowest BCUT2D eigenvalue weighted by Crippen LogP contribution is -2.20. The van der Waals surface area contributed by atoms with Crippen LogP contribution in [0.4, 0.5) is 0 Å². The molecule has 0 heterocycles. The average molecular weight is 192 g/mol. The average Bonchev–Trinajstić information content (AvgIpc) is 2.15. The van der Waals surface area contributed by atoms with Crippen LogP contribution < -0.4 is 11.1 Å². The van der Waals surface area contributed by atoms with Crippen LogP contribution in [0.25, 0.3) is 0 Å². The third-order valence-electron chi connectivity index (χ3n) is 2.60. The van der Waals surface area contributed by atoms with Gasteiger partial charge in [0.25, 0.3) is 0 Å². The van der Waals surface area contributed by atoms with Crippen molar-refractivity contribution in [3.63, 3.8) is 0 Å². The summed E-state index contributed by atoms with van der Waals surface area (Å²) in [5.74, 6) is 0. The van der Waals surface area contributed by atoms with Gasteiger partial charge < -0.3 is 11.1 Å². The van der Waals surface area contributed by atoms with Crippen molar-refractivity contribution in [2.24, 2.45) is 5.73 Å². The molecular weight excluding hydrogens is 172 g/mol. The minimum absolute atomic E-state index is 0.389. The van der Waals surface area contributed by atoms with Crippen LogP contribution in [0.3, 0.4) is 0 Å². The molecule has 0 spiro atoms. The SMILES string of the molecule is CNC(CCN)c1ccc(C)cc1C. The summed E-state index contributed by atoms with van der Waals surface area (Å²) in [6.07, 6.45) is 0.987. The molecule has 0 radical (unpaired) electrons. The molecule has 0 amide bonds. The zero-order chi connectivity index (χ0) is 10.6. The summed E-state index contributed by atoms with van der Waals surface area (Å²) in [6.45, 7) is 5.00. The maximum atomic E-state index is 5.58. The predicted octanol–water partition coefficient (Wildman–Crippen LogP) is 1.91. The molecule has 0 aliphatic heterocycles. The number of rotatable bonds is 4. The maximum absolute atomic E-state index is 5.58. The fraction of sp³-hybridized carbons (Fsp3) is 0.500. The third-order valence-corrected chi connectivity index (χ3v) is 2.60. The van der Waals surface area contributed by atoms with E-state index >= 15 is 0 Å². The first-order valence-corrected chi connectivity index (χ1v) is 5.13. The number of nitrogens with one attached hydrogen (secondary N) is 1. The quantitative estimate of drug-likeness (QED) is 0.765. The highest BCUT2D eigenvalue weighted by Crippen LogP contribution is 2.20. The Labute approximate surface area is 86.5 Å². The van der Waals surface area contributed by atoms with Crippen molar-refractivity contribution in [2.45, 2.75) is 26.3 Å². The first-order chi connectivity index (χ1) is 6.69. The first kappa shape index (κ1) is 11.2. The summed E-state index contributed by atoms with van der Waals surface area (Å²) >= 11 is 0. The molecule has 0 aliphatic carbocycles. The summed E-state index contributed by atoms with van der Waals surface area (Å²) in [5.41, 5.74) is 9.61. The topological polar surface area (TPSA) is 38.0 Å². The van der Waals surface area contributed by atoms with E-state index < -0.39 is 0 Å². The number of nitrogens with two attached hydrogens (primary N) is 1. The molecular formula is C12H20N2. The molecule has 1 unspecified atom stereocenters. The Hall–Kier alpha value is -0.860. The third kappa shape index (κ3) is 2.56. The Morgan fingerprint density at radius 1 is 1.36 bits per heavy atom. The van der Waals surface area contributed by atoms with Gasteiger partial charge in [-0.05, 0) is 45.0 Å². The van der Waals surface area contributed by atoms with Crippen molar-refractivity contribution in [1.29, 1.82) is 0 Å². The van der Waals surface area contributed by atoms with Crippen LogP contribution >= 0.6 is 0 Å². The summed E-state index contributed by atoms with van der Waals surface area (Å²) in [5, 5.41) is 3.30. The van der Waals surface area contributed by atoms with Gasteiger partial charge >= 0.3 is 0 Å². The van der Waals surface area contributed by atoms with Gasteiger partial charge in [-0.1, -0.05) is 23.8 Å². The molecule has 14 heavy (non-hydrogen) atoms. The van der Waals surface area contributed by atoms with E-state index in [9.17, 15) is 0 Å². The van der Waals surface area contributed by atoms with Crippen molar-refractivity contribution >= 4 is 0 Å². The number of aryl methyl sites for hydroxylation is 2. The molecule has 0 fully saturated rings. The molecule has 1 aromatic carbocycles. The second-order valence-corrected chi connectivity index (χ2v) is 3.78. The Morgan fingerprint density at radius 3 is 2.57 bits per heavy atom. The van der Waals surface area contributed by atoms with Gasteiger partial charge in [0.15, 0.2) is 0 Å². The minimum atomic E-state index is 0.389. The summed E-state index contributed by atoms with van der Waals surface area (Å²) < 4.78 is 0. The highest BCUT2D eigenvalue weighted by Gasteiger charge is 2.10. The van der Waals surface area contributed by atoms with Crippen LogP contribution in [0.1, 0.15) is 29.2 Å². The summed E-state index contributed by atoms with van der Waals surface area (Å²) in [4.78, 5) is 0. The van der Waals surface area contributed by atoms with Crippen LogP contribution in [0.15, 0.2) is 18.2 Å². The predicted molar refractivity (Wildman–Crippen MR) is 61.4 cm³/mol. The standard InChI is InChI=1S/C12H20N2/c1-9-4-5-11(10(2)8-9)12(14-3)6-7-13/h4-5,8,12,14H,6-7,13H2,1-3H3. The van der Waals surface area contributed by atoms with E-state index in [1.54, 1.807) is 0 Å². The Balaban J connectivity index is 2.92. The molecule has 2 heteroatoms. The monoisotopic (exact) mass is 192 g/mol. The molecule has 0 aliphatic rings. The largest absolute Gasteiger partial charge is 0.330 e. The molecule has 0 saturated carbocycles. The number of benzene rings is 1. The molecule has 78 valence electrons. The van der Waals surface area contributed by atoms with Crippen LogP contribution in [-0.2, 0) is 0 Å². The van der Waals surface area contributed by atoms with Crippen molar-refractivity contribution in [2.75, 3.05) is 13.6 Å². The van der Waals surface area contributed by atoms with Crippen molar-refractivity contribution < 1.29 is 0 Å². The van der Waals surface area contributed by atoms with E-state index in [-0.39, 0.29) is 0 Å². The van der Waals surface area contributed by atoms with Crippen LogP contribution in [0, 0.1) is 13.8 Å². The van der Waals surface area contributed by atoms with E-state index in [4.69, 9.17) is 5.73 Å². The molecule has 0 aromatic heterocycles. The number of hydrogen-bond donors (Lipinski definition) is 2. The van der Waals surface area contributed by atoms with E-state index in [0.29, 0.717) is 6.04 Å². The molecule has 1 atom stereocenters. The van der Waals surface area contributed by atoms with E-state index in [1.165, 1.54) is 16.7 Å². The van der Waals surface area contributed by atoms with Gasteiger partial charge in [-0.3, -0.25) is 0 Å². The smallest absolute Gasteiger partial charge is 0.0332 e. The Bertz CT molecular complexity index is 294. The van der Waals surface area contributed by atoms with E-state index in [1.807, 2.05) is 7.05 Å². The second-order valence-electron chi connectivity index (χ2n) is 3.78. The molecule has 1 rings (SSSR count). The molecule has 0 bridgehead atoms. The fourth-order valence-electron chi connectivity index (χ4n) is 1.84. The van der Waals surface area contributed by atoms with Gasteiger partial charge in [-0.15, -0.1) is 0 Å². The number of hydrogen-bond acceptors (Lipinski definition) is 2. The normalized spacial score (nSPS) is 12.9. The van der Waals surface area contributed by atoms with Crippen LogP contribution in [0.2, 0.25) is 0 Å². The van der Waals surface area contributed by atoms with Gasteiger partial charge in [0.05, 0.1) is 0 Å². The van der Waals surface area contributed by atoms with Gasteiger partial charge in [-0.25, -0.2) is 0 Å². The summed E-state index contributed by atoms with van der Waals surface area (Å²) in [6, 6.07) is 6.96. The molecule has 1 aromatic rings. The molecule has 0 saturated heterocycles. The lowest BCUT2D eigenvalue weighted by molar-refractivity contribution is 0.554. The van der Waals surface area contributed by atoms with Crippen LogP contribution in [-0.4, -0.2) is 13.6 Å². The van der Waals surface area contributed by atoms with Gasteiger partial charge in [0, 0.05) is 6.04 Å². The molecule has 3 N–H and O–H groups in total.